The number of thiazole rings is 1. The molecule has 7 heteroatoms. The van der Waals surface area contributed by atoms with Gasteiger partial charge in [-0.2, -0.15) is 0 Å². The highest BCUT2D eigenvalue weighted by molar-refractivity contribution is 7.09. The monoisotopic (exact) mass is 398 g/mol. The number of benzene rings is 1. The highest BCUT2D eigenvalue weighted by Gasteiger charge is 2.14. The molecule has 2 aromatic heterocycles. The van der Waals surface area contributed by atoms with Crippen LogP contribution in [-0.4, -0.2) is 33.9 Å². The molecule has 3 aromatic rings. The van der Waals surface area contributed by atoms with E-state index in [0.717, 1.165) is 52.4 Å². The molecule has 3 rings (SSSR count). The maximum Gasteiger partial charge on any atom is 0.261 e. The Kier molecular flexibility index (Phi) is 6.26. The summed E-state index contributed by atoms with van der Waals surface area (Å²) in [7, 11) is 0. The lowest BCUT2D eigenvalue weighted by molar-refractivity contribution is 0.0949. The van der Waals surface area contributed by atoms with Crippen molar-refractivity contribution >= 4 is 28.1 Å². The Labute approximate surface area is 168 Å². The maximum atomic E-state index is 12.6. The topological polar surface area (TPSA) is 78.1 Å². The summed E-state index contributed by atoms with van der Waals surface area (Å²) in [5.41, 5.74) is 3.60. The first-order valence-corrected chi connectivity index (χ1v) is 10.4. The number of aryl methyl sites for hydroxylation is 2. The first-order valence-electron chi connectivity index (χ1n) is 9.49. The third-order valence-corrected chi connectivity index (χ3v) is 5.72. The minimum absolute atomic E-state index is 0.123. The Morgan fingerprint density at radius 2 is 1.96 bits per heavy atom. The van der Waals surface area contributed by atoms with Crippen LogP contribution in [0.3, 0.4) is 0 Å². The number of rotatable bonds is 7. The summed E-state index contributed by atoms with van der Waals surface area (Å²) >= 11 is 1.52. The highest BCUT2D eigenvalue weighted by Crippen LogP contribution is 2.18. The number of aromatic nitrogens is 2. The number of carbonyl (C=O) groups is 1. The van der Waals surface area contributed by atoms with Crippen molar-refractivity contribution in [2.75, 3.05) is 13.1 Å². The number of H-pyrrole nitrogens is 1. The third-order valence-electron chi connectivity index (χ3n) is 4.82. The molecule has 0 bridgehead atoms. The molecule has 0 atom stereocenters. The van der Waals surface area contributed by atoms with E-state index in [2.05, 4.69) is 34.0 Å². The average Bonchev–Trinajstić information content (AvgIpc) is 3.11. The number of aromatic amines is 1. The van der Waals surface area contributed by atoms with Crippen LogP contribution in [0.2, 0.25) is 0 Å². The van der Waals surface area contributed by atoms with Crippen LogP contribution < -0.4 is 10.9 Å². The van der Waals surface area contributed by atoms with Gasteiger partial charge in [0.2, 0.25) is 0 Å². The molecule has 2 heterocycles. The number of fused-ring (bicyclic) bond motifs is 1. The number of hydrogen-bond acceptors (Lipinski definition) is 5. The van der Waals surface area contributed by atoms with Crippen LogP contribution in [-0.2, 0) is 13.1 Å². The van der Waals surface area contributed by atoms with E-state index in [1.165, 1.54) is 11.3 Å². The second-order valence-electron chi connectivity index (χ2n) is 6.93. The lowest BCUT2D eigenvalue weighted by atomic mass is 10.1. The second-order valence-corrected chi connectivity index (χ2v) is 7.88. The molecule has 2 N–H and O–H groups in total. The van der Waals surface area contributed by atoms with Crippen molar-refractivity contribution in [3.05, 3.63) is 61.3 Å². The van der Waals surface area contributed by atoms with Gasteiger partial charge in [-0.05, 0) is 50.0 Å². The highest BCUT2D eigenvalue weighted by atomic mass is 32.1. The molecule has 28 heavy (non-hydrogen) atoms. The minimum Gasteiger partial charge on any atom is -0.345 e. The molecule has 0 aliphatic rings. The number of amides is 1. The van der Waals surface area contributed by atoms with Crippen molar-refractivity contribution in [2.45, 2.75) is 40.8 Å². The summed E-state index contributed by atoms with van der Waals surface area (Å²) in [6, 6.07) is 5.64. The van der Waals surface area contributed by atoms with Gasteiger partial charge in [-0.3, -0.25) is 14.5 Å². The van der Waals surface area contributed by atoms with Crippen LogP contribution in [0.15, 0.2) is 28.4 Å². The SMILES string of the molecule is CCN(CC)Cc1csc(CNC(=O)c2cc3cc(C)cc(C)c3[nH]c2=O)n1. The fraction of sp³-hybridized carbons (Fsp3) is 0.381. The van der Waals surface area contributed by atoms with Gasteiger partial charge in [0, 0.05) is 11.9 Å². The molecular formula is C21H26N4O2S. The van der Waals surface area contributed by atoms with E-state index in [4.69, 9.17) is 0 Å². The number of pyridine rings is 1. The van der Waals surface area contributed by atoms with Crippen LogP contribution in [0.25, 0.3) is 10.9 Å². The molecule has 6 nitrogen and oxygen atoms in total. The number of hydrogen-bond donors (Lipinski definition) is 2. The molecule has 1 aromatic carbocycles. The van der Waals surface area contributed by atoms with Crippen molar-refractivity contribution in [2.24, 2.45) is 0 Å². The van der Waals surface area contributed by atoms with Gasteiger partial charge in [0.25, 0.3) is 11.5 Å². The predicted octanol–water partition coefficient (Wildman–Crippen LogP) is 3.37. The van der Waals surface area contributed by atoms with Crippen LogP contribution >= 0.6 is 11.3 Å². The van der Waals surface area contributed by atoms with E-state index < -0.39 is 0 Å². The molecule has 1 amide bonds. The summed E-state index contributed by atoms with van der Waals surface area (Å²) in [5, 5.41) is 6.53. The van der Waals surface area contributed by atoms with Crippen LogP contribution in [0.5, 0.6) is 0 Å². The van der Waals surface area contributed by atoms with Gasteiger partial charge < -0.3 is 10.3 Å². The zero-order valence-corrected chi connectivity index (χ0v) is 17.6. The predicted molar refractivity (Wildman–Crippen MR) is 114 cm³/mol. The molecule has 0 spiro atoms. The van der Waals surface area contributed by atoms with Gasteiger partial charge >= 0.3 is 0 Å². The van der Waals surface area contributed by atoms with Crippen molar-refractivity contribution in [1.82, 2.24) is 20.2 Å². The summed E-state index contributed by atoms with van der Waals surface area (Å²) in [6.07, 6.45) is 0. The van der Waals surface area contributed by atoms with E-state index >= 15 is 0 Å². The van der Waals surface area contributed by atoms with Gasteiger partial charge in [-0.1, -0.05) is 25.5 Å². The first kappa shape index (κ1) is 20.2. The zero-order chi connectivity index (χ0) is 20.3. The van der Waals surface area contributed by atoms with E-state index in [9.17, 15) is 9.59 Å². The molecule has 0 aliphatic heterocycles. The van der Waals surface area contributed by atoms with Crippen molar-refractivity contribution in [1.29, 1.82) is 0 Å². The third kappa shape index (κ3) is 4.48. The normalized spacial score (nSPS) is 11.3. The standard InChI is InChI=1S/C21H26N4O2S/c1-5-25(6-2)11-16-12-28-18(23-16)10-22-20(26)17-9-15-8-13(3)7-14(4)19(15)24-21(17)27/h7-9,12H,5-6,10-11H2,1-4H3,(H,22,26)(H,24,27). The Morgan fingerprint density at radius 1 is 1.21 bits per heavy atom. The smallest absolute Gasteiger partial charge is 0.261 e. The van der Waals surface area contributed by atoms with E-state index in [1.807, 2.05) is 31.4 Å². The number of carbonyl (C=O) groups excluding carboxylic acids is 1. The molecular weight excluding hydrogens is 372 g/mol. The van der Waals surface area contributed by atoms with Crippen LogP contribution in [0.1, 0.15) is 46.0 Å². The summed E-state index contributed by atoms with van der Waals surface area (Å²) in [6.45, 7) is 11.3. The van der Waals surface area contributed by atoms with Gasteiger partial charge in [0.1, 0.15) is 10.6 Å². The first-order chi connectivity index (χ1) is 13.4. The summed E-state index contributed by atoms with van der Waals surface area (Å²) < 4.78 is 0. The Hall–Kier alpha value is -2.51. The molecule has 148 valence electrons. The quantitative estimate of drug-likeness (QED) is 0.640. The average molecular weight is 399 g/mol. The largest absolute Gasteiger partial charge is 0.345 e. The summed E-state index contributed by atoms with van der Waals surface area (Å²) in [4.78, 5) is 34.7. The molecule has 0 fully saturated rings. The minimum atomic E-state index is -0.386. The van der Waals surface area contributed by atoms with E-state index in [1.54, 1.807) is 6.07 Å². The van der Waals surface area contributed by atoms with Crippen molar-refractivity contribution in [3.63, 3.8) is 0 Å². The zero-order valence-electron chi connectivity index (χ0n) is 16.8. The molecule has 0 radical (unpaired) electrons. The maximum absolute atomic E-state index is 12.6. The summed E-state index contributed by atoms with van der Waals surface area (Å²) in [5.74, 6) is -0.386. The fourth-order valence-corrected chi connectivity index (χ4v) is 4.01. The second kappa shape index (κ2) is 8.67. The molecule has 0 saturated heterocycles. The Morgan fingerprint density at radius 3 is 2.68 bits per heavy atom. The van der Waals surface area contributed by atoms with Gasteiger partial charge in [0.05, 0.1) is 17.8 Å². The van der Waals surface area contributed by atoms with Gasteiger partial charge in [-0.25, -0.2) is 4.98 Å². The molecule has 0 unspecified atom stereocenters. The van der Waals surface area contributed by atoms with Gasteiger partial charge in [-0.15, -0.1) is 11.3 Å². The van der Waals surface area contributed by atoms with Crippen LogP contribution in [0, 0.1) is 13.8 Å². The Balaban J connectivity index is 1.72. The molecule has 0 saturated carbocycles. The van der Waals surface area contributed by atoms with E-state index in [0.29, 0.717) is 6.54 Å². The van der Waals surface area contributed by atoms with Crippen molar-refractivity contribution < 1.29 is 4.79 Å². The van der Waals surface area contributed by atoms with E-state index in [-0.39, 0.29) is 17.0 Å². The lowest BCUT2D eigenvalue weighted by Crippen LogP contribution is -2.29. The molecule has 0 aliphatic carbocycles. The van der Waals surface area contributed by atoms with Crippen LogP contribution in [0.4, 0.5) is 0 Å². The lowest BCUT2D eigenvalue weighted by Gasteiger charge is -2.15. The Bertz CT molecular complexity index is 1050. The van der Waals surface area contributed by atoms with Gasteiger partial charge in [0.15, 0.2) is 0 Å². The van der Waals surface area contributed by atoms with Crippen molar-refractivity contribution in [3.8, 4) is 0 Å². The number of nitrogens with zero attached hydrogens (tertiary/aromatic N) is 2. The fourth-order valence-electron chi connectivity index (χ4n) is 3.29. The number of nitrogens with one attached hydrogen (secondary N) is 2.